The minimum Gasteiger partial charge on any atom is -0.383 e. The first-order valence-electron chi connectivity index (χ1n) is 8.30. The number of rotatable bonds is 11. The zero-order valence-electron chi connectivity index (χ0n) is 15.1. The Balaban J connectivity index is 6.51. The van der Waals surface area contributed by atoms with Crippen molar-refractivity contribution in [2.45, 2.75) is 93.8 Å². The highest BCUT2D eigenvalue weighted by Crippen LogP contribution is 2.62. The molecule has 1 nitrogen and oxygen atoms in total. The lowest BCUT2D eigenvalue weighted by Gasteiger charge is -2.45. The fourth-order valence-electron chi connectivity index (χ4n) is 2.44. The Morgan fingerprint density at radius 1 is 0.483 bits per heavy atom. The molecule has 0 aliphatic carbocycles. The Labute approximate surface area is 157 Å². The highest BCUT2D eigenvalue weighted by molar-refractivity contribution is 5.14. The molecule has 0 saturated heterocycles. The predicted octanol–water partition coefficient (Wildman–Crippen LogP) is 6.84. The van der Waals surface area contributed by atoms with Crippen LogP contribution in [0.2, 0.25) is 0 Å². The maximum absolute atomic E-state index is 14.3. The van der Waals surface area contributed by atoms with Crippen LogP contribution in [0.25, 0.3) is 0 Å². The number of halogens is 13. The van der Waals surface area contributed by atoms with Crippen LogP contribution < -0.4 is 0 Å². The first-order valence-corrected chi connectivity index (χ1v) is 8.30. The van der Waals surface area contributed by atoms with Gasteiger partial charge in [-0.05, 0) is 12.8 Å². The fourth-order valence-corrected chi connectivity index (χ4v) is 2.44. The van der Waals surface area contributed by atoms with E-state index in [1.807, 2.05) is 0 Å². The van der Waals surface area contributed by atoms with E-state index in [9.17, 15) is 62.2 Å². The summed E-state index contributed by atoms with van der Waals surface area (Å²) in [6, 6.07) is 0. The van der Waals surface area contributed by atoms with Crippen LogP contribution in [0, 0.1) is 0 Å². The first kappa shape index (κ1) is 28.1. The van der Waals surface area contributed by atoms with Crippen molar-refractivity contribution in [2.75, 3.05) is 0 Å². The van der Waals surface area contributed by atoms with Gasteiger partial charge >= 0.3 is 35.8 Å². The monoisotopic (exact) mass is 462 g/mol. The largest absolute Gasteiger partial charge is 0.460 e. The van der Waals surface area contributed by atoms with Crippen molar-refractivity contribution in [1.82, 2.24) is 0 Å². The topological polar surface area (TPSA) is 20.2 Å². The van der Waals surface area contributed by atoms with Gasteiger partial charge in [-0.2, -0.15) is 57.1 Å². The molecule has 0 fully saturated rings. The Hall–Kier alpha value is -0.950. The van der Waals surface area contributed by atoms with Gasteiger partial charge in [0.15, 0.2) is 0 Å². The van der Waals surface area contributed by atoms with E-state index in [1.165, 1.54) is 13.8 Å². The smallest absolute Gasteiger partial charge is 0.383 e. The molecule has 0 aromatic heterocycles. The van der Waals surface area contributed by atoms with Gasteiger partial charge in [0.25, 0.3) is 0 Å². The highest BCUT2D eigenvalue weighted by Gasteiger charge is 2.92. The molecule has 0 bridgehead atoms. The quantitative estimate of drug-likeness (QED) is 0.334. The van der Waals surface area contributed by atoms with Crippen molar-refractivity contribution in [3.63, 3.8) is 0 Å². The molecule has 0 aromatic rings. The summed E-state index contributed by atoms with van der Waals surface area (Å²) in [6.07, 6.45) is -11.1. The second-order valence-corrected chi connectivity index (χ2v) is 6.61. The predicted molar refractivity (Wildman–Crippen MR) is 74.8 cm³/mol. The summed E-state index contributed by atoms with van der Waals surface area (Å²) in [4.78, 5) is 0. The van der Waals surface area contributed by atoms with Crippen molar-refractivity contribution < 1.29 is 62.2 Å². The van der Waals surface area contributed by atoms with E-state index >= 15 is 0 Å². The van der Waals surface area contributed by atoms with Crippen LogP contribution in [0.1, 0.15) is 52.4 Å². The zero-order valence-corrected chi connectivity index (χ0v) is 15.1. The number of unbranched alkanes of at least 4 members (excludes halogenated alkanes) is 2. The van der Waals surface area contributed by atoms with E-state index < -0.39 is 67.1 Å². The normalized spacial score (nSPS) is 15.7. The van der Waals surface area contributed by atoms with E-state index in [4.69, 9.17) is 0 Å². The van der Waals surface area contributed by atoms with Crippen LogP contribution in [0.15, 0.2) is 0 Å². The van der Waals surface area contributed by atoms with Crippen LogP contribution in [0.3, 0.4) is 0 Å². The summed E-state index contributed by atoms with van der Waals surface area (Å²) in [5.74, 6) is -37.5. The number of hydrogen-bond donors (Lipinski definition) is 1. The van der Waals surface area contributed by atoms with E-state index in [1.54, 1.807) is 0 Å². The van der Waals surface area contributed by atoms with Gasteiger partial charge < -0.3 is 5.11 Å². The highest BCUT2D eigenvalue weighted by atomic mass is 19.4. The van der Waals surface area contributed by atoms with Gasteiger partial charge in [-0.1, -0.05) is 39.5 Å². The molecule has 0 spiro atoms. The molecular weight excluding hydrogens is 443 g/mol. The molecule has 29 heavy (non-hydrogen) atoms. The molecular formula is C15H19F13O. The molecule has 0 saturated carbocycles. The molecule has 0 aromatic carbocycles. The van der Waals surface area contributed by atoms with E-state index in [0.717, 1.165) is 0 Å². The minimum atomic E-state index is -7.96. The molecule has 176 valence electrons. The van der Waals surface area contributed by atoms with Crippen molar-refractivity contribution in [3.05, 3.63) is 0 Å². The Kier molecular flexibility index (Phi) is 8.02. The fraction of sp³-hybridized carbons (Fsp3) is 1.00. The lowest BCUT2D eigenvalue weighted by atomic mass is 9.78. The lowest BCUT2D eigenvalue weighted by Crippen LogP contribution is -2.73. The van der Waals surface area contributed by atoms with Gasteiger partial charge in [-0.25, -0.2) is 0 Å². The SMILES string of the molecule is CCCCC(O)(CCCC)C(F)(F)C(F)(F)C(F)(F)C(F)(F)C(F)(F)C(F)(F)F. The van der Waals surface area contributed by atoms with Crippen molar-refractivity contribution in [3.8, 4) is 0 Å². The van der Waals surface area contributed by atoms with Gasteiger partial charge in [0.1, 0.15) is 5.60 Å². The van der Waals surface area contributed by atoms with E-state index in [2.05, 4.69) is 0 Å². The van der Waals surface area contributed by atoms with Gasteiger partial charge in [0, 0.05) is 0 Å². The number of alkyl halides is 13. The van der Waals surface area contributed by atoms with Gasteiger partial charge in [-0.15, -0.1) is 0 Å². The standard InChI is InChI=1S/C15H19F13O/c1-3-5-7-9(29,8-6-4-2)10(16,17)11(18,19)12(20,21)13(22,23)14(24,25)15(26,27)28/h29H,3-8H2,1-2H3. The van der Waals surface area contributed by atoms with Crippen LogP contribution in [0.4, 0.5) is 57.1 Å². The van der Waals surface area contributed by atoms with Crippen molar-refractivity contribution in [1.29, 1.82) is 0 Å². The van der Waals surface area contributed by atoms with Crippen LogP contribution >= 0.6 is 0 Å². The molecule has 14 heteroatoms. The third kappa shape index (κ3) is 4.27. The van der Waals surface area contributed by atoms with Gasteiger partial charge in [-0.3, -0.25) is 0 Å². The number of aliphatic hydroxyl groups is 1. The molecule has 0 rings (SSSR count). The van der Waals surface area contributed by atoms with E-state index in [-0.39, 0.29) is 12.8 Å². The van der Waals surface area contributed by atoms with Gasteiger partial charge in [0.2, 0.25) is 0 Å². The van der Waals surface area contributed by atoms with Crippen molar-refractivity contribution in [2.24, 2.45) is 0 Å². The summed E-state index contributed by atoms with van der Waals surface area (Å²) in [5.41, 5.74) is -4.06. The molecule has 0 aliphatic rings. The third-order valence-electron chi connectivity index (χ3n) is 4.41. The van der Waals surface area contributed by atoms with Crippen LogP contribution in [-0.4, -0.2) is 46.5 Å². The third-order valence-corrected chi connectivity index (χ3v) is 4.41. The second kappa shape index (κ2) is 8.29. The number of hydrogen-bond acceptors (Lipinski definition) is 1. The summed E-state index contributed by atoms with van der Waals surface area (Å²) >= 11 is 0. The molecule has 0 atom stereocenters. The van der Waals surface area contributed by atoms with Gasteiger partial charge in [0.05, 0.1) is 0 Å². The molecule has 0 unspecified atom stereocenters. The zero-order chi connectivity index (χ0) is 23.7. The maximum Gasteiger partial charge on any atom is 0.460 e. The molecule has 1 N–H and O–H groups in total. The Morgan fingerprint density at radius 3 is 1.03 bits per heavy atom. The summed E-state index contributed by atoms with van der Waals surface area (Å²) in [5, 5.41) is 9.91. The van der Waals surface area contributed by atoms with Crippen molar-refractivity contribution >= 4 is 0 Å². The van der Waals surface area contributed by atoms with E-state index in [0.29, 0.717) is 0 Å². The summed E-state index contributed by atoms with van der Waals surface area (Å²) < 4.78 is 172. The molecule has 0 heterocycles. The Morgan fingerprint density at radius 2 is 0.759 bits per heavy atom. The lowest BCUT2D eigenvalue weighted by molar-refractivity contribution is -0.450. The average molecular weight is 462 g/mol. The second-order valence-electron chi connectivity index (χ2n) is 6.61. The van der Waals surface area contributed by atoms with Crippen LogP contribution in [0.5, 0.6) is 0 Å². The molecule has 0 aliphatic heterocycles. The molecule has 0 amide bonds. The molecule has 0 radical (unpaired) electrons. The summed E-state index contributed by atoms with van der Waals surface area (Å²) in [7, 11) is 0. The Bertz CT molecular complexity index is 531. The average Bonchev–Trinajstić information content (AvgIpc) is 2.56. The summed E-state index contributed by atoms with van der Waals surface area (Å²) in [6.45, 7) is 2.62. The van der Waals surface area contributed by atoms with Crippen LogP contribution in [-0.2, 0) is 0 Å². The maximum atomic E-state index is 14.3. The first-order chi connectivity index (χ1) is 12.6. The minimum absolute atomic E-state index is 0.0468.